The molecule has 2 aliphatic rings. The van der Waals surface area contributed by atoms with E-state index in [0.717, 1.165) is 19.3 Å². The van der Waals surface area contributed by atoms with Crippen LogP contribution in [0.15, 0.2) is 17.2 Å². The lowest BCUT2D eigenvalue weighted by Crippen LogP contribution is -2.50. The fourth-order valence-electron chi connectivity index (χ4n) is 3.63. The Hall–Kier alpha value is -1.52. The first-order valence-electron chi connectivity index (χ1n) is 9.25. The Balaban J connectivity index is 1.70. The van der Waals surface area contributed by atoms with E-state index < -0.39 is 16.4 Å². The molecule has 1 aromatic rings. The summed E-state index contributed by atoms with van der Waals surface area (Å²) in [7, 11) is -1.95. The summed E-state index contributed by atoms with van der Waals surface area (Å²) in [5, 5.41) is 0. The van der Waals surface area contributed by atoms with E-state index in [1.807, 2.05) is 0 Å². The smallest absolute Gasteiger partial charge is 0.270 e. The molecule has 0 aliphatic carbocycles. The predicted octanol–water partition coefficient (Wildman–Crippen LogP) is 1.22. The number of sulfonamides is 1. The number of rotatable bonds is 5. The summed E-state index contributed by atoms with van der Waals surface area (Å²) in [5.41, 5.74) is 0.299. The van der Waals surface area contributed by atoms with Gasteiger partial charge in [0.05, 0.1) is 6.54 Å². The Bertz CT molecular complexity index is 767. The molecule has 0 N–H and O–H groups in total. The number of carbonyl (C=O) groups excluding carboxylic acids is 1. The van der Waals surface area contributed by atoms with Crippen LogP contribution in [0.2, 0.25) is 0 Å². The van der Waals surface area contributed by atoms with Crippen LogP contribution in [-0.4, -0.2) is 85.2 Å². The van der Waals surface area contributed by atoms with E-state index in [9.17, 15) is 22.0 Å². The molecule has 1 aromatic heterocycles. The molecule has 10 heteroatoms. The average Bonchev–Trinajstić information content (AvgIpc) is 3.04. The van der Waals surface area contributed by atoms with E-state index in [0.29, 0.717) is 45.0 Å². The molecule has 1 amide bonds. The first-order valence-corrected chi connectivity index (χ1v) is 10.7. The number of nitrogens with zero attached hydrogens (tertiary/aromatic N) is 4. The van der Waals surface area contributed by atoms with Crippen LogP contribution in [0, 0.1) is 0 Å². The zero-order valence-corrected chi connectivity index (χ0v) is 16.3. The number of piperazine rings is 1. The standard InChI is InChI=1S/C17H26F2N4O3S/c1-20-12-14(27(25,26)23-5-3-2-4-6-23)11-15(20)17(24)22-9-7-21(8-10-22)13-16(18)19/h11-12,16H,2-10,13H2,1H3. The van der Waals surface area contributed by atoms with Gasteiger partial charge in [-0.25, -0.2) is 17.2 Å². The van der Waals surface area contributed by atoms with Crippen LogP contribution in [0.5, 0.6) is 0 Å². The van der Waals surface area contributed by atoms with Crippen LogP contribution in [0.3, 0.4) is 0 Å². The van der Waals surface area contributed by atoms with Gasteiger partial charge in [-0.3, -0.25) is 9.69 Å². The maximum atomic E-state index is 12.8. The summed E-state index contributed by atoms with van der Waals surface area (Å²) in [6.07, 6.45) is 1.82. The van der Waals surface area contributed by atoms with Gasteiger partial charge < -0.3 is 9.47 Å². The monoisotopic (exact) mass is 404 g/mol. The highest BCUT2D eigenvalue weighted by Gasteiger charge is 2.30. The van der Waals surface area contributed by atoms with Crippen LogP contribution < -0.4 is 0 Å². The molecule has 2 saturated heterocycles. The van der Waals surface area contributed by atoms with Crippen molar-refractivity contribution >= 4 is 15.9 Å². The van der Waals surface area contributed by atoms with Gasteiger partial charge in [0.25, 0.3) is 12.3 Å². The second-order valence-electron chi connectivity index (χ2n) is 7.12. The topological polar surface area (TPSA) is 65.9 Å². The summed E-state index contributed by atoms with van der Waals surface area (Å²) >= 11 is 0. The molecule has 0 aromatic carbocycles. The van der Waals surface area contributed by atoms with Crippen LogP contribution >= 0.6 is 0 Å². The number of alkyl halides is 2. The number of aryl methyl sites for hydroxylation is 1. The third kappa shape index (κ3) is 4.49. The Morgan fingerprint density at radius 3 is 2.30 bits per heavy atom. The lowest BCUT2D eigenvalue weighted by molar-refractivity contribution is 0.0453. The fraction of sp³-hybridized carbons (Fsp3) is 0.706. The summed E-state index contributed by atoms with van der Waals surface area (Å²) in [6.45, 7) is 2.21. The van der Waals surface area contributed by atoms with E-state index >= 15 is 0 Å². The largest absolute Gasteiger partial charge is 0.345 e. The first kappa shape index (κ1) is 20.2. The number of amides is 1. The number of hydrogen-bond donors (Lipinski definition) is 0. The van der Waals surface area contributed by atoms with Crippen molar-refractivity contribution in [1.29, 1.82) is 0 Å². The Labute approximate surface area is 158 Å². The number of hydrogen-bond acceptors (Lipinski definition) is 4. The SMILES string of the molecule is Cn1cc(S(=O)(=O)N2CCCCC2)cc1C(=O)N1CCN(CC(F)F)CC1. The van der Waals surface area contributed by atoms with E-state index in [4.69, 9.17) is 0 Å². The molecule has 0 radical (unpaired) electrons. The molecule has 0 atom stereocenters. The van der Waals surface area contributed by atoms with Gasteiger partial charge in [-0.1, -0.05) is 6.42 Å². The number of aromatic nitrogens is 1. The van der Waals surface area contributed by atoms with Crippen molar-refractivity contribution in [2.45, 2.75) is 30.6 Å². The lowest BCUT2D eigenvalue weighted by atomic mass is 10.2. The maximum Gasteiger partial charge on any atom is 0.270 e. The van der Waals surface area contributed by atoms with Crippen molar-refractivity contribution in [3.8, 4) is 0 Å². The van der Waals surface area contributed by atoms with E-state index in [-0.39, 0.29) is 17.3 Å². The van der Waals surface area contributed by atoms with Gasteiger partial charge in [-0.05, 0) is 18.9 Å². The Kier molecular flexibility index (Phi) is 6.17. The Morgan fingerprint density at radius 2 is 1.70 bits per heavy atom. The molecule has 7 nitrogen and oxygen atoms in total. The number of piperidine rings is 1. The zero-order chi connectivity index (χ0) is 19.6. The third-order valence-corrected chi connectivity index (χ3v) is 7.07. The van der Waals surface area contributed by atoms with E-state index in [1.54, 1.807) is 16.8 Å². The van der Waals surface area contributed by atoms with Crippen LogP contribution in [0.25, 0.3) is 0 Å². The highest BCUT2D eigenvalue weighted by Crippen LogP contribution is 2.23. The van der Waals surface area contributed by atoms with Gasteiger partial charge in [-0.15, -0.1) is 0 Å². The maximum absolute atomic E-state index is 12.8. The summed E-state index contributed by atoms with van der Waals surface area (Å²) in [5.74, 6) is -0.269. The van der Waals surface area contributed by atoms with E-state index in [2.05, 4.69) is 0 Å². The molecule has 0 saturated carbocycles. The van der Waals surface area contributed by atoms with Gasteiger partial charge in [-0.2, -0.15) is 4.31 Å². The average molecular weight is 404 g/mol. The molecule has 152 valence electrons. The lowest BCUT2D eigenvalue weighted by Gasteiger charge is -2.34. The van der Waals surface area contributed by atoms with Crippen molar-refractivity contribution in [3.05, 3.63) is 18.0 Å². The van der Waals surface area contributed by atoms with Gasteiger partial charge in [0.2, 0.25) is 10.0 Å². The van der Waals surface area contributed by atoms with Gasteiger partial charge >= 0.3 is 0 Å². The molecular weight excluding hydrogens is 378 g/mol. The predicted molar refractivity (Wildman–Crippen MR) is 96.4 cm³/mol. The summed E-state index contributed by atoms with van der Waals surface area (Å²) in [6, 6.07) is 1.43. The normalized spacial score (nSPS) is 20.4. The zero-order valence-electron chi connectivity index (χ0n) is 15.5. The number of carbonyl (C=O) groups is 1. The minimum Gasteiger partial charge on any atom is -0.345 e. The number of halogens is 2. The molecular formula is C17H26F2N4O3S. The Morgan fingerprint density at radius 1 is 1.07 bits per heavy atom. The van der Waals surface area contributed by atoms with Gasteiger partial charge in [0, 0.05) is 52.5 Å². The highest BCUT2D eigenvalue weighted by atomic mass is 32.2. The van der Waals surface area contributed by atoms with Crippen molar-refractivity contribution in [3.63, 3.8) is 0 Å². The molecule has 3 heterocycles. The van der Waals surface area contributed by atoms with E-state index in [1.165, 1.54) is 21.1 Å². The molecule has 27 heavy (non-hydrogen) atoms. The molecule has 3 rings (SSSR count). The van der Waals surface area contributed by atoms with Crippen LogP contribution in [0.4, 0.5) is 8.78 Å². The molecule has 0 bridgehead atoms. The molecule has 0 spiro atoms. The van der Waals surface area contributed by atoms with Crippen molar-refractivity contribution in [2.24, 2.45) is 7.05 Å². The molecule has 2 aliphatic heterocycles. The highest BCUT2D eigenvalue weighted by molar-refractivity contribution is 7.89. The van der Waals surface area contributed by atoms with Crippen molar-refractivity contribution in [1.82, 2.24) is 18.7 Å². The molecule has 2 fully saturated rings. The second-order valence-corrected chi connectivity index (χ2v) is 9.06. The van der Waals surface area contributed by atoms with Gasteiger partial charge in [0.1, 0.15) is 10.6 Å². The van der Waals surface area contributed by atoms with Crippen molar-refractivity contribution in [2.75, 3.05) is 45.8 Å². The minimum atomic E-state index is -3.60. The molecule has 0 unspecified atom stereocenters. The fourth-order valence-corrected chi connectivity index (χ4v) is 5.22. The van der Waals surface area contributed by atoms with Gasteiger partial charge in [0.15, 0.2) is 0 Å². The second kappa shape index (κ2) is 8.24. The van der Waals surface area contributed by atoms with Crippen molar-refractivity contribution < 1.29 is 22.0 Å². The minimum absolute atomic E-state index is 0.131. The van der Waals surface area contributed by atoms with Crippen LogP contribution in [-0.2, 0) is 17.1 Å². The van der Waals surface area contributed by atoms with Crippen LogP contribution in [0.1, 0.15) is 29.8 Å². The third-order valence-electron chi connectivity index (χ3n) is 5.21. The first-order chi connectivity index (χ1) is 12.8. The summed E-state index contributed by atoms with van der Waals surface area (Å²) in [4.78, 5) is 16.1. The quantitative estimate of drug-likeness (QED) is 0.740. The summed E-state index contributed by atoms with van der Waals surface area (Å²) < 4.78 is 53.6.